The number of aliphatic hydroxyl groups excluding tert-OH is 1. The summed E-state index contributed by atoms with van der Waals surface area (Å²) in [5.41, 5.74) is 5.54. The van der Waals surface area contributed by atoms with Gasteiger partial charge in [-0.25, -0.2) is 0 Å². The van der Waals surface area contributed by atoms with Gasteiger partial charge in [0.1, 0.15) is 5.76 Å². The summed E-state index contributed by atoms with van der Waals surface area (Å²) in [7, 11) is 2.12. The molecule has 1 amide bonds. The predicted octanol–water partition coefficient (Wildman–Crippen LogP) is 4.34. The van der Waals surface area contributed by atoms with Crippen LogP contribution in [0, 0.1) is 0 Å². The van der Waals surface area contributed by atoms with Gasteiger partial charge >= 0.3 is 0 Å². The van der Waals surface area contributed by atoms with Crippen LogP contribution in [0.3, 0.4) is 0 Å². The average molecular weight is 509 g/mol. The van der Waals surface area contributed by atoms with Crippen LogP contribution in [0.25, 0.3) is 5.76 Å². The lowest BCUT2D eigenvalue weighted by Crippen LogP contribution is -2.44. The van der Waals surface area contributed by atoms with E-state index in [0.29, 0.717) is 16.8 Å². The Morgan fingerprint density at radius 1 is 0.895 bits per heavy atom. The second-order valence-corrected chi connectivity index (χ2v) is 10.5. The van der Waals surface area contributed by atoms with E-state index in [1.807, 2.05) is 48.5 Å². The minimum atomic E-state index is -0.769. The zero-order valence-corrected chi connectivity index (χ0v) is 21.6. The lowest BCUT2D eigenvalue weighted by atomic mass is 9.89. The van der Waals surface area contributed by atoms with Gasteiger partial charge in [-0.2, -0.15) is 0 Å². The lowest BCUT2D eigenvalue weighted by molar-refractivity contribution is -0.132. The van der Waals surface area contributed by atoms with E-state index in [1.54, 1.807) is 18.5 Å². The number of piperazine rings is 1. The van der Waals surface area contributed by atoms with Crippen molar-refractivity contribution in [1.29, 1.82) is 0 Å². The summed E-state index contributed by atoms with van der Waals surface area (Å²) >= 11 is 0. The fourth-order valence-corrected chi connectivity index (χ4v) is 5.88. The van der Waals surface area contributed by atoms with Crippen molar-refractivity contribution in [2.45, 2.75) is 31.7 Å². The van der Waals surface area contributed by atoms with Gasteiger partial charge in [-0.05, 0) is 85.8 Å². The quantitative estimate of drug-likeness (QED) is 0.321. The SMILES string of the molecule is CN1CCN(c2ccc(N3C(=O)C(=O)/C(=C(\O)c4ccc5c(c4)CCCC5)C3c3cccnc3)cc2)CC1. The lowest BCUT2D eigenvalue weighted by Gasteiger charge is -2.34. The van der Waals surface area contributed by atoms with Crippen LogP contribution < -0.4 is 9.80 Å². The zero-order valence-electron chi connectivity index (χ0n) is 21.6. The molecule has 2 aromatic carbocycles. The van der Waals surface area contributed by atoms with Crippen molar-refractivity contribution in [3.63, 3.8) is 0 Å². The number of carbonyl (C=O) groups is 2. The number of aryl methyl sites for hydroxylation is 2. The number of benzene rings is 2. The third kappa shape index (κ3) is 4.37. The second-order valence-electron chi connectivity index (χ2n) is 10.5. The maximum atomic E-state index is 13.5. The number of anilines is 2. The van der Waals surface area contributed by atoms with Gasteiger partial charge in [0.05, 0.1) is 11.6 Å². The number of hydrogen-bond acceptors (Lipinski definition) is 6. The highest BCUT2D eigenvalue weighted by molar-refractivity contribution is 6.51. The van der Waals surface area contributed by atoms with Gasteiger partial charge in [-0.1, -0.05) is 18.2 Å². The molecule has 0 spiro atoms. The van der Waals surface area contributed by atoms with Crippen LogP contribution in [-0.2, 0) is 22.4 Å². The Balaban J connectivity index is 1.40. The topological polar surface area (TPSA) is 77.0 Å². The molecule has 2 fully saturated rings. The van der Waals surface area contributed by atoms with Crippen LogP contribution >= 0.6 is 0 Å². The van der Waals surface area contributed by atoms with E-state index in [9.17, 15) is 14.7 Å². The van der Waals surface area contributed by atoms with Gasteiger partial charge in [-0.3, -0.25) is 19.5 Å². The van der Waals surface area contributed by atoms with E-state index < -0.39 is 17.7 Å². The Labute approximate surface area is 223 Å². The molecule has 3 aliphatic rings. The fraction of sp³-hybridized carbons (Fsp3) is 0.323. The summed E-state index contributed by atoms with van der Waals surface area (Å²) < 4.78 is 0. The molecule has 3 aromatic rings. The molecule has 1 aliphatic carbocycles. The van der Waals surface area contributed by atoms with Crippen LogP contribution in [0.2, 0.25) is 0 Å². The van der Waals surface area contributed by atoms with E-state index in [2.05, 4.69) is 21.8 Å². The summed E-state index contributed by atoms with van der Waals surface area (Å²) in [6, 6.07) is 16.5. The van der Waals surface area contributed by atoms with Crippen molar-refractivity contribution in [1.82, 2.24) is 9.88 Å². The highest BCUT2D eigenvalue weighted by atomic mass is 16.3. The number of rotatable bonds is 4. The van der Waals surface area contributed by atoms with Gasteiger partial charge < -0.3 is 14.9 Å². The molecule has 7 heteroatoms. The van der Waals surface area contributed by atoms with Crippen LogP contribution in [-0.4, -0.2) is 59.9 Å². The number of carbonyl (C=O) groups excluding carboxylic acids is 2. The standard InChI is InChI=1S/C31H32N4O3/c1-33-15-17-34(18-16-33)25-10-12-26(13-11-25)35-28(24-7-4-14-32-20-24)27(30(37)31(35)38)29(36)23-9-8-21-5-2-3-6-22(21)19-23/h4,7-14,19-20,28,36H,2-3,5-6,15-18H2,1H3/b29-27-. The fourth-order valence-electron chi connectivity index (χ4n) is 5.88. The second kappa shape index (κ2) is 10.1. The molecule has 194 valence electrons. The minimum Gasteiger partial charge on any atom is -0.507 e. The third-order valence-electron chi connectivity index (χ3n) is 8.06. The van der Waals surface area contributed by atoms with Crippen molar-refractivity contribution >= 4 is 28.8 Å². The molecule has 38 heavy (non-hydrogen) atoms. The first kappa shape index (κ1) is 24.4. The van der Waals surface area contributed by atoms with E-state index in [1.165, 1.54) is 16.0 Å². The van der Waals surface area contributed by atoms with Gasteiger partial charge in [0, 0.05) is 55.5 Å². The van der Waals surface area contributed by atoms with Gasteiger partial charge in [-0.15, -0.1) is 0 Å². The summed E-state index contributed by atoms with van der Waals surface area (Å²) in [6.07, 6.45) is 7.57. The zero-order chi connectivity index (χ0) is 26.2. The largest absolute Gasteiger partial charge is 0.507 e. The number of Topliss-reactive ketones (excluding diaryl/α,β-unsaturated/α-hetero) is 1. The van der Waals surface area contributed by atoms with Crippen molar-refractivity contribution in [2.24, 2.45) is 0 Å². The predicted molar refractivity (Wildman–Crippen MR) is 148 cm³/mol. The molecule has 1 aromatic heterocycles. The summed E-state index contributed by atoms with van der Waals surface area (Å²) in [5, 5.41) is 11.5. The van der Waals surface area contributed by atoms with E-state index in [4.69, 9.17) is 0 Å². The molecule has 2 saturated heterocycles. The first-order chi connectivity index (χ1) is 18.5. The molecular formula is C31H32N4O3. The number of hydrogen-bond donors (Lipinski definition) is 1. The Morgan fingerprint density at radius 3 is 2.32 bits per heavy atom. The van der Waals surface area contributed by atoms with Gasteiger partial charge in [0.15, 0.2) is 0 Å². The smallest absolute Gasteiger partial charge is 0.300 e. The normalized spacial score (nSPS) is 21.6. The molecule has 1 unspecified atom stereocenters. The van der Waals surface area contributed by atoms with Gasteiger partial charge in [0.25, 0.3) is 11.7 Å². The van der Waals surface area contributed by atoms with Crippen molar-refractivity contribution < 1.29 is 14.7 Å². The Kier molecular flexibility index (Phi) is 6.45. The van der Waals surface area contributed by atoms with Crippen molar-refractivity contribution in [2.75, 3.05) is 43.0 Å². The highest BCUT2D eigenvalue weighted by Crippen LogP contribution is 2.42. The van der Waals surface area contributed by atoms with Crippen LogP contribution in [0.4, 0.5) is 11.4 Å². The molecule has 0 saturated carbocycles. The number of amides is 1. The molecule has 0 bridgehead atoms. The Hall–Kier alpha value is -3.97. The summed E-state index contributed by atoms with van der Waals surface area (Å²) in [6.45, 7) is 3.88. The number of aromatic nitrogens is 1. The van der Waals surface area contributed by atoms with E-state index in [0.717, 1.165) is 57.5 Å². The maximum Gasteiger partial charge on any atom is 0.300 e. The van der Waals surface area contributed by atoms with Crippen molar-refractivity contribution in [3.8, 4) is 0 Å². The molecule has 3 heterocycles. The molecule has 2 aliphatic heterocycles. The van der Waals surface area contributed by atoms with Gasteiger partial charge in [0.2, 0.25) is 0 Å². The average Bonchev–Trinajstić information content (AvgIpc) is 3.23. The number of ketones is 1. The minimum absolute atomic E-state index is 0.0990. The number of fused-ring (bicyclic) bond motifs is 1. The first-order valence-corrected chi connectivity index (χ1v) is 13.4. The number of likely N-dealkylation sites (N-methyl/N-ethyl adjacent to an activating group) is 1. The molecule has 1 atom stereocenters. The summed E-state index contributed by atoms with van der Waals surface area (Å²) in [5.74, 6) is -1.47. The van der Waals surface area contributed by atoms with Crippen LogP contribution in [0.5, 0.6) is 0 Å². The van der Waals surface area contributed by atoms with Crippen LogP contribution in [0.15, 0.2) is 72.6 Å². The maximum absolute atomic E-state index is 13.5. The molecule has 0 radical (unpaired) electrons. The molecule has 7 nitrogen and oxygen atoms in total. The molecule has 6 rings (SSSR count). The van der Waals surface area contributed by atoms with Crippen molar-refractivity contribution in [3.05, 3.63) is 94.8 Å². The number of aliphatic hydroxyl groups is 1. The third-order valence-corrected chi connectivity index (χ3v) is 8.06. The highest BCUT2D eigenvalue weighted by Gasteiger charge is 2.47. The Morgan fingerprint density at radius 2 is 1.61 bits per heavy atom. The van der Waals surface area contributed by atoms with E-state index >= 15 is 0 Å². The molecule has 1 N–H and O–H groups in total. The monoisotopic (exact) mass is 508 g/mol. The number of pyridine rings is 1. The first-order valence-electron chi connectivity index (χ1n) is 13.4. The van der Waals surface area contributed by atoms with E-state index in [-0.39, 0.29) is 11.3 Å². The number of nitrogens with zero attached hydrogens (tertiary/aromatic N) is 4. The molecular weight excluding hydrogens is 476 g/mol. The van der Waals surface area contributed by atoms with Crippen LogP contribution in [0.1, 0.15) is 41.1 Å². The Bertz CT molecular complexity index is 1390. The summed E-state index contributed by atoms with van der Waals surface area (Å²) in [4.78, 5) is 37.3.